The van der Waals surface area contributed by atoms with Crippen LogP contribution in [0.25, 0.3) is 20.4 Å². The molecule has 4 aromatic rings. The number of fused-ring (bicyclic) bond motifs is 2. The van der Waals surface area contributed by atoms with Crippen molar-refractivity contribution in [2.75, 3.05) is 0 Å². The van der Waals surface area contributed by atoms with Gasteiger partial charge >= 0.3 is 0 Å². The molecule has 1 aromatic carbocycles. The van der Waals surface area contributed by atoms with Crippen LogP contribution in [0.15, 0.2) is 24.3 Å². The average molecular weight is 395 g/mol. The fourth-order valence-corrected chi connectivity index (χ4v) is 5.39. The van der Waals surface area contributed by atoms with E-state index in [9.17, 15) is 4.79 Å². The molecule has 0 unspecified atom stereocenters. The minimum atomic E-state index is -0.0675. The van der Waals surface area contributed by atoms with Crippen LogP contribution < -0.4 is 5.32 Å². The van der Waals surface area contributed by atoms with Gasteiger partial charge in [-0.25, -0.2) is 15.0 Å². The monoisotopic (exact) mass is 394 g/mol. The van der Waals surface area contributed by atoms with E-state index in [0.29, 0.717) is 12.5 Å². The number of carbonyl (C=O) groups is 1. The Bertz CT molecular complexity index is 1160. The van der Waals surface area contributed by atoms with E-state index in [1.807, 2.05) is 38.1 Å². The molecule has 0 bridgehead atoms. The number of hydrogen-bond acceptors (Lipinski definition) is 6. The fourth-order valence-electron chi connectivity index (χ4n) is 3.33. The van der Waals surface area contributed by atoms with Crippen molar-refractivity contribution in [2.24, 2.45) is 0 Å². The minimum Gasteiger partial charge on any atom is -0.345 e. The van der Waals surface area contributed by atoms with Gasteiger partial charge in [0, 0.05) is 11.3 Å². The van der Waals surface area contributed by atoms with Crippen molar-refractivity contribution in [2.45, 2.75) is 39.2 Å². The highest BCUT2D eigenvalue weighted by Gasteiger charge is 2.28. The normalized spacial score (nSPS) is 14.1. The van der Waals surface area contributed by atoms with E-state index in [-0.39, 0.29) is 5.91 Å². The van der Waals surface area contributed by atoms with Crippen molar-refractivity contribution in [1.82, 2.24) is 20.3 Å². The van der Waals surface area contributed by atoms with Crippen molar-refractivity contribution >= 4 is 49.0 Å². The zero-order valence-corrected chi connectivity index (χ0v) is 16.7. The summed E-state index contributed by atoms with van der Waals surface area (Å²) in [6, 6.07) is 8.02. The lowest BCUT2D eigenvalue weighted by molar-refractivity contribution is 0.0954. The number of thiophene rings is 1. The Hall–Kier alpha value is -2.38. The number of hydrogen-bond donors (Lipinski definition) is 1. The van der Waals surface area contributed by atoms with Crippen LogP contribution in [0.3, 0.4) is 0 Å². The number of aryl methyl sites for hydroxylation is 2. The van der Waals surface area contributed by atoms with Crippen molar-refractivity contribution in [3.05, 3.63) is 51.2 Å². The molecule has 0 spiro atoms. The van der Waals surface area contributed by atoms with Gasteiger partial charge in [-0.1, -0.05) is 12.1 Å². The van der Waals surface area contributed by atoms with Gasteiger partial charge in [0.2, 0.25) is 0 Å². The Balaban J connectivity index is 1.41. The van der Waals surface area contributed by atoms with Gasteiger partial charge in [0.15, 0.2) is 0 Å². The summed E-state index contributed by atoms with van der Waals surface area (Å²) in [6.07, 6.45) is 2.34. The summed E-state index contributed by atoms with van der Waals surface area (Å²) in [5.74, 6) is 1.37. The standard InChI is InChI=1S/C20H18N4OS2/c1-10-16-11(2)22-18(12-7-8-12)24-20(16)27-17(10)19(25)21-9-15-23-13-5-3-4-6-14(13)26-15/h3-6,12H,7-9H2,1-2H3,(H,21,25). The van der Waals surface area contributed by atoms with Crippen LogP contribution >= 0.6 is 22.7 Å². The molecule has 1 aliphatic rings. The number of para-hydroxylation sites is 1. The Kier molecular flexibility index (Phi) is 3.94. The van der Waals surface area contributed by atoms with E-state index in [2.05, 4.69) is 15.3 Å². The molecule has 136 valence electrons. The molecule has 5 rings (SSSR count). The SMILES string of the molecule is Cc1nc(C2CC2)nc2sc(C(=O)NCc3nc4ccccc4s3)c(C)c12. The molecule has 1 N–H and O–H groups in total. The fraction of sp³-hybridized carbons (Fsp3) is 0.300. The summed E-state index contributed by atoms with van der Waals surface area (Å²) in [4.78, 5) is 28.4. The second-order valence-electron chi connectivity index (χ2n) is 6.94. The third-order valence-electron chi connectivity index (χ3n) is 4.88. The molecule has 0 radical (unpaired) electrons. The molecular formula is C20H18N4OS2. The van der Waals surface area contributed by atoms with Gasteiger partial charge in [-0.2, -0.15) is 0 Å². The van der Waals surface area contributed by atoms with E-state index in [4.69, 9.17) is 4.98 Å². The predicted molar refractivity (Wildman–Crippen MR) is 110 cm³/mol. The number of benzene rings is 1. The second-order valence-corrected chi connectivity index (χ2v) is 9.05. The Morgan fingerprint density at radius 3 is 2.74 bits per heavy atom. The number of nitrogens with zero attached hydrogens (tertiary/aromatic N) is 3. The first kappa shape index (κ1) is 16.8. The van der Waals surface area contributed by atoms with Gasteiger partial charge in [0.1, 0.15) is 15.7 Å². The molecule has 7 heteroatoms. The molecular weight excluding hydrogens is 376 g/mol. The van der Waals surface area contributed by atoms with Crippen molar-refractivity contribution in [1.29, 1.82) is 0 Å². The minimum absolute atomic E-state index is 0.0675. The highest BCUT2D eigenvalue weighted by Crippen LogP contribution is 2.40. The number of thiazole rings is 1. The first-order valence-corrected chi connectivity index (χ1v) is 10.6. The Labute approximate surface area is 164 Å². The van der Waals surface area contributed by atoms with Crippen LogP contribution in [-0.2, 0) is 6.54 Å². The summed E-state index contributed by atoms with van der Waals surface area (Å²) in [5, 5.41) is 4.95. The summed E-state index contributed by atoms with van der Waals surface area (Å²) < 4.78 is 1.14. The van der Waals surface area contributed by atoms with E-state index < -0.39 is 0 Å². The van der Waals surface area contributed by atoms with Crippen LogP contribution in [0.5, 0.6) is 0 Å². The Morgan fingerprint density at radius 1 is 1.15 bits per heavy atom. The van der Waals surface area contributed by atoms with Gasteiger partial charge < -0.3 is 5.32 Å². The highest BCUT2D eigenvalue weighted by atomic mass is 32.1. The quantitative estimate of drug-likeness (QED) is 0.543. The lowest BCUT2D eigenvalue weighted by Crippen LogP contribution is -2.22. The van der Waals surface area contributed by atoms with Crippen LogP contribution in [0.4, 0.5) is 0 Å². The molecule has 0 aliphatic heterocycles. The maximum atomic E-state index is 12.8. The smallest absolute Gasteiger partial charge is 0.262 e. The number of nitrogens with one attached hydrogen (secondary N) is 1. The molecule has 1 aliphatic carbocycles. The van der Waals surface area contributed by atoms with E-state index in [1.54, 1.807) is 11.3 Å². The van der Waals surface area contributed by atoms with E-state index in [0.717, 1.165) is 47.4 Å². The third kappa shape index (κ3) is 3.00. The highest BCUT2D eigenvalue weighted by molar-refractivity contribution is 7.20. The zero-order valence-electron chi connectivity index (χ0n) is 15.1. The molecule has 27 heavy (non-hydrogen) atoms. The molecule has 1 fully saturated rings. The lowest BCUT2D eigenvalue weighted by atomic mass is 10.1. The average Bonchev–Trinajstić information content (AvgIpc) is 3.34. The third-order valence-corrected chi connectivity index (χ3v) is 7.10. The predicted octanol–water partition coefficient (Wildman–Crippen LogP) is 4.73. The zero-order chi connectivity index (χ0) is 18.5. The summed E-state index contributed by atoms with van der Waals surface area (Å²) >= 11 is 3.08. The van der Waals surface area contributed by atoms with Crippen LogP contribution in [0.2, 0.25) is 0 Å². The van der Waals surface area contributed by atoms with Crippen LogP contribution in [0.1, 0.15) is 50.5 Å². The van der Waals surface area contributed by atoms with E-state index >= 15 is 0 Å². The van der Waals surface area contributed by atoms with Gasteiger partial charge in [0.25, 0.3) is 5.91 Å². The molecule has 1 amide bonds. The molecule has 3 aromatic heterocycles. The Morgan fingerprint density at radius 2 is 1.96 bits per heavy atom. The first-order chi connectivity index (χ1) is 13.1. The van der Waals surface area contributed by atoms with E-state index in [1.165, 1.54) is 24.2 Å². The molecule has 3 heterocycles. The molecule has 1 saturated carbocycles. The van der Waals surface area contributed by atoms with Crippen LogP contribution in [-0.4, -0.2) is 20.9 Å². The number of amides is 1. The summed E-state index contributed by atoms with van der Waals surface area (Å²) in [7, 11) is 0. The van der Waals surface area contributed by atoms with Gasteiger partial charge in [-0.15, -0.1) is 22.7 Å². The molecule has 0 saturated heterocycles. The van der Waals surface area contributed by atoms with Crippen molar-refractivity contribution in [3.8, 4) is 0 Å². The van der Waals surface area contributed by atoms with Gasteiger partial charge in [0.05, 0.1) is 27.3 Å². The van der Waals surface area contributed by atoms with Gasteiger partial charge in [-0.3, -0.25) is 4.79 Å². The summed E-state index contributed by atoms with van der Waals surface area (Å²) in [5.41, 5.74) is 2.92. The molecule has 5 nitrogen and oxygen atoms in total. The maximum Gasteiger partial charge on any atom is 0.262 e. The largest absolute Gasteiger partial charge is 0.345 e. The summed E-state index contributed by atoms with van der Waals surface area (Å²) in [6.45, 7) is 4.43. The first-order valence-electron chi connectivity index (χ1n) is 9.00. The lowest BCUT2D eigenvalue weighted by Gasteiger charge is -2.03. The number of aromatic nitrogens is 3. The number of rotatable bonds is 4. The van der Waals surface area contributed by atoms with Crippen molar-refractivity contribution < 1.29 is 4.79 Å². The maximum absolute atomic E-state index is 12.8. The molecule has 0 atom stereocenters. The van der Waals surface area contributed by atoms with Crippen LogP contribution in [0, 0.1) is 13.8 Å². The van der Waals surface area contributed by atoms with Crippen molar-refractivity contribution in [3.63, 3.8) is 0 Å². The van der Waals surface area contributed by atoms with Gasteiger partial charge in [-0.05, 0) is 44.4 Å². The topological polar surface area (TPSA) is 67.8 Å². The number of carbonyl (C=O) groups excluding carboxylic acids is 1. The second kappa shape index (κ2) is 6.35.